The summed E-state index contributed by atoms with van der Waals surface area (Å²) in [5, 5.41) is 2.84. The molecular weight excluding hydrogens is 240 g/mol. The van der Waals surface area contributed by atoms with E-state index in [0.717, 1.165) is 12.8 Å². The molecule has 0 aromatic rings. The monoisotopic (exact) mass is 266 g/mol. The predicted octanol–water partition coefficient (Wildman–Crippen LogP) is 2.25. The lowest BCUT2D eigenvalue weighted by molar-refractivity contribution is -0.135. The normalized spacial score (nSPS) is 14.7. The van der Waals surface area contributed by atoms with Crippen LogP contribution in [0.3, 0.4) is 0 Å². The number of nitrogens with zero attached hydrogens (tertiary/aromatic N) is 1. The fourth-order valence-electron chi connectivity index (χ4n) is 2.38. The summed E-state index contributed by atoms with van der Waals surface area (Å²) in [4.78, 5) is 25.1. The Kier molecular flexibility index (Phi) is 7.23. The molecule has 0 heterocycles. The molecule has 0 saturated carbocycles. The molecule has 0 fully saturated rings. The standard InChI is InChI=1S/C15H26N2O2/c1-3-17(4-2)15(19)12-14(18)16-11-10-13-8-6-5-7-9-13/h8H,3-7,9-12H2,1-2H3,(H,16,18). The van der Waals surface area contributed by atoms with Crippen molar-refractivity contribution in [2.75, 3.05) is 19.6 Å². The molecule has 0 spiro atoms. The van der Waals surface area contributed by atoms with Gasteiger partial charge in [0, 0.05) is 19.6 Å². The number of hydrogen-bond acceptors (Lipinski definition) is 2. The summed E-state index contributed by atoms with van der Waals surface area (Å²) < 4.78 is 0. The smallest absolute Gasteiger partial charge is 0.231 e. The van der Waals surface area contributed by atoms with Crippen molar-refractivity contribution in [2.45, 2.75) is 52.4 Å². The summed E-state index contributed by atoms with van der Waals surface area (Å²) in [5.74, 6) is -0.243. The van der Waals surface area contributed by atoms with Gasteiger partial charge in [0.05, 0.1) is 0 Å². The van der Waals surface area contributed by atoms with Crippen LogP contribution in [0.15, 0.2) is 11.6 Å². The van der Waals surface area contributed by atoms with Crippen LogP contribution in [-0.4, -0.2) is 36.3 Å². The topological polar surface area (TPSA) is 49.4 Å². The average molecular weight is 266 g/mol. The lowest BCUT2D eigenvalue weighted by atomic mass is 9.97. The minimum atomic E-state index is -0.159. The zero-order valence-electron chi connectivity index (χ0n) is 12.2. The van der Waals surface area contributed by atoms with Crippen molar-refractivity contribution in [3.8, 4) is 0 Å². The van der Waals surface area contributed by atoms with Gasteiger partial charge in [0.25, 0.3) is 0 Å². The van der Waals surface area contributed by atoms with Gasteiger partial charge < -0.3 is 10.2 Å². The molecule has 0 radical (unpaired) electrons. The molecule has 0 bridgehead atoms. The first-order valence-electron chi connectivity index (χ1n) is 7.39. The number of rotatable bonds is 7. The number of nitrogens with one attached hydrogen (secondary N) is 1. The minimum absolute atomic E-state index is 0.0271. The van der Waals surface area contributed by atoms with E-state index in [4.69, 9.17) is 0 Å². The molecule has 0 aromatic heterocycles. The molecule has 1 aliphatic carbocycles. The van der Waals surface area contributed by atoms with Crippen LogP contribution in [0.5, 0.6) is 0 Å². The molecule has 0 aliphatic heterocycles. The molecule has 4 nitrogen and oxygen atoms in total. The zero-order valence-corrected chi connectivity index (χ0v) is 12.2. The van der Waals surface area contributed by atoms with Crippen LogP contribution in [0.4, 0.5) is 0 Å². The van der Waals surface area contributed by atoms with Crippen molar-refractivity contribution in [2.24, 2.45) is 0 Å². The maximum absolute atomic E-state index is 11.7. The van der Waals surface area contributed by atoms with Crippen LogP contribution < -0.4 is 5.32 Å². The molecule has 1 rings (SSSR count). The number of carbonyl (C=O) groups is 2. The van der Waals surface area contributed by atoms with Gasteiger partial charge in [0.2, 0.25) is 11.8 Å². The van der Waals surface area contributed by atoms with E-state index in [1.807, 2.05) is 13.8 Å². The first-order chi connectivity index (χ1) is 9.17. The summed E-state index contributed by atoms with van der Waals surface area (Å²) in [6.45, 7) is 5.82. The first kappa shape index (κ1) is 15.7. The second kappa shape index (κ2) is 8.73. The molecule has 1 aliphatic rings. The summed E-state index contributed by atoms with van der Waals surface area (Å²) in [6.07, 6.45) is 8.06. The Morgan fingerprint density at radius 2 is 2.00 bits per heavy atom. The lowest BCUT2D eigenvalue weighted by Crippen LogP contribution is -2.35. The van der Waals surface area contributed by atoms with Crippen molar-refractivity contribution in [3.63, 3.8) is 0 Å². The van der Waals surface area contributed by atoms with Crippen LogP contribution in [0.25, 0.3) is 0 Å². The molecule has 0 unspecified atom stereocenters. The van der Waals surface area contributed by atoms with Gasteiger partial charge in [-0.15, -0.1) is 0 Å². The van der Waals surface area contributed by atoms with E-state index < -0.39 is 0 Å². The van der Waals surface area contributed by atoms with Gasteiger partial charge in [-0.3, -0.25) is 9.59 Å². The molecule has 0 aromatic carbocycles. The van der Waals surface area contributed by atoms with E-state index in [1.54, 1.807) is 4.90 Å². The van der Waals surface area contributed by atoms with Gasteiger partial charge in [-0.2, -0.15) is 0 Å². The maximum Gasteiger partial charge on any atom is 0.231 e. The minimum Gasteiger partial charge on any atom is -0.355 e. The van der Waals surface area contributed by atoms with Gasteiger partial charge in [0.15, 0.2) is 0 Å². The van der Waals surface area contributed by atoms with Crippen molar-refractivity contribution in [1.29, 1.82) is 0 Å². The van der Waals surface area contributed by atoms with Crippen LogP contribution >= 0.6 is 0 Å². The fraction of sp³-hybridized carbons (Fsp3) is 0.733. The number of hydrogen-bond donors (Lipinski definition) is 1. The molecule has 2 amide bonds. The third kappa shape index (κ3) is 5.90. The number of carbonyl (C=O) groups excluding carboxylic acids is 2. The molecule has 108 valence electrons. The molecule has 19 heavy (non-hydrogen) atoms. The second-order valence-electron chi connectivity index (χ2n) is 4.95. The van der Waals surface area contributed by atoms with Gasteiger partial charge >= 0.3 is 0 Å². The van der Waals surface area contributed by atoms with E-state index in [9.17, 15) is 9.59 Å². The predicted molar refractivity (Wildman–Crippen MR) is 76.7 cm³/mol. The fourth-order valence-corrected chi connectivity index (χ4v) is 2.38. The average Bonchev–Trinajstić information content (AvgIpc) is 2.41. The highest BCUT2D eigenvalue weighted by Gasteiger charge is 2.14. The summed E-state index contributed by atoms with van der Waals surface area (Å²) in [5.41, 5.74) is 1.45. The van der Waals surface area contributed by atoms with Gasteiger partial charge in [-0.1, -0.05) is 11.6 Å². The second-order valence-corrected chi connectivity index (χ2v) is 4.95. The summed E-state index contributed by atoms with van der Waals surface area (Å²) in [7, 11) is 0. The molecule has 4 heteroatoms. The third-order valence-electron chi connectivity index (χ3n) is 3.58. The van der Waals surface area contributed by atoms with Crippen molar-refractivity contribution in [3.05, 3.63) is 11.6 Å². The van der Waals surface area contributed by atoms with Crippen LogP contribution in [-0.2, 0) is 9.59 Å². The quantitative estimate of drug-likeness (QED) is 0.567. The van der Waals surface area contributed by atoms with Crippen molar-refractivity contribution >= 4 is 11.8 Å². The number of amides is 2. The third-order valence-corrected chi connectivity index (χ3v) is 3.58. The Hall–Kier alpha value is -1.32. The summed E-state index contributed by atoms with van der Waals surface area (Å²) in [6, 6.07) is 0. The van der Waals surface area contributed by atoms with Crippen LogP contribution in [0, 0.1) is 0 Å². The van der Waals surface area contributed by atoms with E-state index in [2.05, 4.69) is 11.4 Å². The van der Waals surface area contributed by atoms with Gasteiger partial charge in [0.1, 0.15) is 6.42 Å². The molecule has 0 saturated heterocycles. The molecule has 0 atom stereocenters. The highest BCUT2D eigenvalue weighted by atomic mass is 16.2. The van der Waals surface area contributed by atoms with E-state index in [1.165, 1.54) is 24.8 Å². The molecule has 1 N–H and O–H groups in total. The Bertz CT molecular complexity index is 333. The van der Waals surface area contributed by atoms with E-state index in [0.29, 0.717) is 19.6 Å². The zero-order chi connectivity index (χ0) is 14.1. The lowest BCUT2D eigenvalue weighted by Gasteiger charge is -2.18. The SMILES string of the molecule is CCN(CC)C(=O)CC(=O)NCCC1=CCCCC1. The van der Waals surface area contributed by atoms with Crippen molar-refractivity contribution < 1.29 is 9.59 Å². The highest BCUT2D eigenvalue weighted by molar-refractivity contribution is 5.96. The Morgan fingerprint density at radius 1 is 1.26 bits per heavy atom. The number of allylic oxidation sites excluding steroid dienone is 1. The van der Waals surface area contributed by atoms with Gasteiger partial charge in [-0.25, -0.2) is 0 Å². The Morgan fingerprint density at radius 3 is 2.58 bits per heavy atom. The molecular formula is C15H26N2O2. The first-order valence-corrected chi connectivity index (χ1v) is 7.39. The van der Waals surface area contributed by atoms with E-state index in [-0.39, 0.29) is 18.2 Å². The van der Waals surface area contributed by atoms with Gasteiger partial charge in [-0.05, 0) is 46.0 Å². The maximum atomic E-state index is 11.7. The Labute approximate surface area is 116 Å². The van der Waals surface area contributed by atoms with Crippen LogP contribution in [0.2, 0.25) is 0 Å². The largest absolute Gasteiger partial charge is 0.355 e. The van der Waals surface area contributed by atoms with E-state index >= 15 is 0 Å². The van der Waals surface area contributed by atoms with Crippen molar-refractivity contribution in [1.82, 2.24) is 10.2 Å². The Balaban J connectivity index is 2.20. The summed E-state index contributed by atoms with van der Waals surface area (Å²) >= 11 is 0. The van der Waals surface area contributed by atoms with Crippen LogP contribution in [0.1, 0.15) is 52.4 Å². The highest BCUT2D eigenvalue weighted by Crippen LogP contribution is 2.19.